The van der Waals surface area contributed by atoms with Crippen molar-refractivity contribution in [3.63, 3.8) is 0 Å². The number of aromatic amines is 1. The van der Waals surface area contributed by atoms with E-state index in [2.05, 4.69) is 42.6 Å². The number of benzene rings is 1. The molecule has 0 fully saturated rings. The predicted molar refractivity (Wildman–Crippen MR) is 172 cm³/mol. The summed E-state index contributed by atoms with van der Waals surface area (Å²) >= 11 is 0. The Morgan fingerprint density at radius 1 is 0.854 bits per heavy atom. The van der Waals surface area contributed by atoms with Gasteiger partial charge in [0.1, 0.15) is 11.5 Å². The summed E-state index contributed by atoms with van der Waals surface area (Å²) in [5.74, 6) is 1.79. The van der Waals surface area contributed by atoms with E-state index in [0.29, 0.717) is 5.16 Å². The number of methoxy groups -OCH3 is 2. The average Bonchev–Trinajstić information content (AvgIpc) is 3.42. The first-order valence-electron chi connectivity index (χ1n) is 15.5. The molecule has 0 spiro atoms. The number of ether oxygens (including phenoxy) is 2. The third kappa shape index (κ3) is 10.4. The van der Waals surface area contributed by atoms with Gasteiger partial charge in [0.15, 0.2) is 5.16 Å². The maximum absolute atomic E-state index is 12.7. The smallest absolute Gasteiger partial charge is 0.197 e. The van der Waals surface area contributed by atoms with Crippen LogP contribution in [0.2, 0.25) is 0 Å². The van der Waals surface area contributed by atoms with Crippen molar-refractivity contribution in [2.24, 2.45) is 0 Å². The zero-order valence-electron chi connectivity index (χ0n) is 27.0. The van der Waals surface area contributed by atoms with Gasteiger partial charge in [0, 0.05) is 23.4 Å². The zero-order chi connectivity index (χ0) is 30.3. The molecule has 1 atom stereocenters. The van der Waals surface area contributed by atoms with E-state index in [-0.39, 0.29) is 5.75 Å². The lowest BCUT2D eigenvalue weighted by molar-refractivity contribution is -0.929. The predicted octanol–water partition coefficient (Wildman–Crippen LogP) is 7.90. The van der Waals surface area contributed by atoms with Crippen molar-refractivity contribution >= 4 is 21.8 Å². The number of nitrogens with one attached hydrogen (secondary N) is 1. The van der Waals surface area contributed by atoms with Crippen LogP contribution in [0.25, 0.3) is 11.0 Å². The van der Waals surface area contributed by atoms with E-state index in [4.69, 9.17) is 9.47 Å². The Morgan fingerprint density at radius 3 is 1.90 bits per heavy atom. The highest BCUT2D eigenvalue weighted by atomic mass is 32.2. The van der Waals surface area contributed by atoms with Crippen LogP contribution < -0.4 is 9.47 Å². The van der Waals surface area contributed by atoms with Gasteiger partial charge in [0.2, 0.25) is 0 Å². The molecule has 1 unspecified atom stereocenters. The molecule has 230 valence electrons. The van der Waals surface area contributed by atoms with Crippen molar-refractivity contribution in [3.8, 4) is 11.5 Å². The number of fused-ring (bicyclic) bond motifs is 1. The molecule has 1 aromatic carbocycles. The number of nitrogens with zero attached hydrogens (tertiary/aromatic N) is 3. The molecule has 7 nitrogen and oxygen atoms in total. The van der Waals surface area contributed by atoms with Gasteiger partial charge in [-0.15, -0.1) is 0 Å². The summed E-state index contributed by atoms with van der Waals surface area (Å²) in [6.45, 7) is 18.9. The number of unbranched alkanes of at least 4 members (excludes halogenated alkanes) is 4. The van der Waals surface area contributed by atoms with Gasteiger partial charge in [-0.2, -0.15) is 0 Å². The third-order valence-electron chi connectivity index (χ3n) is 7.84. The number of aromatic nitrogens is 3. The van der Waals surface area contributed by atoms with Crippen LogP contribution in [0.3, 0.4) is 0 Å². The standard InChI is InChI=1S/C17H19N3O3S.C16H36N/c1-10-8-18-15(11(2)16(10)23-4)9-24(21)17-19-13-6-5-12(22-3)7-14(13)20-17;1-5-9-13-17(14-10-6-2,15-11-7-3)16-12-8-4/h5-8H,9H2,1-4H3,(H,19,20);5-16H2,1-4H3/q;+1. The molecule has 1 N–H and O–H groups in total. The molecule has 0 aliphatic carbocycles. The SMILES string of the molecule is CCCC[N+](CCCC)(CCCC)CCCC.COc1ccc2nc(S(=O)Cc3ncc(C)c(OC)c3C)[nH]c2c1. The number of imidazole rings is 1. The minimum Gasteiger partial charge on any atom is -0.497 e. The molecular formula is C33H55N4O3S+. The summed E-state index contributed by atoms with van der Waals surface area (Å²) in [5.41, 5.74) is 4.16. The fraction of sp³-hybridized carbons (Fsp3) is 0.636. The Hall–Kier alpha value is -2.45. The van der Waals surface area contributed by atoms with Crippen LogP contribution >= 0.6 is 0 Å². The van der Waals surface area contributed by atoms with Crippen molar-refractivity contribution in [3.05, 3.63) is 41.2 Å². The number of hydrogen-bond donors (Lipinski definition) is 1. The minimum absolute atomic E-state index is 0.277. The topological polar surface area (TPSA) is 77.1 Å². The van der Waals surface area contributed by atoms with Crippen LogP contribution in [0.5, 0.6) is 11.5 Å². The Labute approximate surface area is 251 Å². The molecule has 8 heteroatoms. The number of hydrogen-bond acceptors (Lipinski definition) is 5. The summed E-state index contributed by atoms with van der Waals surface area (Å²) < 4.78 is 24.7. The molecule has 0 aliphatic heterocycles. The molecule has 0 amide bonds. The maximum atomic E-state index is 12.7. The molecule has 2 heterocycles. The highest BCUT2D eigenvalue weighted by Crippen LogP contribution is 2.26. The lowest BCUT2D eigenvalue weighted by Crippen LogP contribution is -2.50. The summed E-state index contributed by atoms with van der Waals surface area (Å²) in [6, 6.07) is 5.50. The van der Waals surface area contributed by atoms with Crippen molar-refractivity contribution < 1.29 is 18.2 Å². The second-order valence-corrected chi connectivity index (χ2v) is 12.5. The van der Waals surface area contributed by atoms with Crippen LogP contribution in [0.15, 0.2) is 29.6 Å². The van der Waals surface area contributed by atoms with Gasteiger partial charge in [-0.3, -0.25) is 9.19 Å². The molecule has 3 rings (SSSR count). The van der Waals surface area contributed by atoms with Crippen LogP contribution in [0.1, 0.15) is 95.9 Å². The van der Waals surface area contributed by atoms with E-state index in [9.17, 15) is 4.21 Å². The summed E-state index contributed by atoms with van der Waals surface area (Å²) in [4.78, 5) is 11.9. The Morgan fingerprint density at radius 2 is 1.41 bits per heavy atom. The van der Waals surface area contributed by atoms with Crippen LogP contribution in [-0.2, 0) is 16.6 Å². The summed E-state index contributed by atoms with van der Waals surface area (Å²) in [5, 5.41) is 0.430. The van der Waals surface area contributed by atoms with Gasteiger partial charge in [-0.25, -0.2) is 4.98 Å². The molecule has 2 aromatic heterocycles. The number of pyridine rings is 1. The Kier molecular flexibility index (Phi) is 15.4. The lowest BCUT2D eigenvalue weighted by Gasteiger charge is -2.39. The van der Waals surface area contributed by atoms with Crippen LogP contribution in [0, 0.1) is 13.8 Å². The molecule has 0 saturated carbocycles. The van der Waals surface area contributed by atoms with E-state index in [0.717, 1.165) is 39.4 Å². The second kappa shape index (κ2) is 18.2. The van der Waals surface area contributed by atoms with E-state index in [1.807, 2.05) is 32.0 Å². The largest absolute Gasteiger partial charge is 0.497 e. The fourth-order valence-corrected chi connectivity index (χ4v) is 6.35. The Balaban J connectivity index is 0.000000307. The van der Waals surface area contributed by atoms with Crippen molar-refractivity contribution in [1.29, 1.82) is 0 Å². The van der Waals surface area contributed by atoms with Gasteiger partial charge >= 0.3 is 0 Å². The van der Waals surface area contributed by atoms with Crippen molar-refractivity contribution in [1.82, 2.24) is 15.0 Å². The number of H-pyrrole nitrogens is 1. The zero-order valence-corrected chi connectivity index (χ0v) is 27.8. The fourth-order valence-electron chi connectivity index (χ4n) is 5.25. The second-order valence-electron chi connectivity index (χ2n) is 11.1. The molecular weight excluding hydrogens is 532 g/mol. The van der Waals surface area contributed by atoms with E-state index < -0.39 is 10.8 Å². The molecule has 0 bridgehead atoms. The van der Waals surface area contributed by atoms with E-state index in [1.54, 1.807) is 20.4 Å². The van der Waals surface area contributed by atoms with Crippen LogP contribution in [-0.4, -0.2) is 64.0 Å². The van der Waals surface area contributed by atoms with Crippen molar-refractivity contribution in [2.45, 2.75) is 104 Å². The van der Waals surface area contributed by atoms with E-state index >= 15 is 0 Å². The maximum Gasteiger partial charge on any atom is 0.197 e. The third-order valence-corrected chi connectivity index (χ3v) is 9.00. The minimum atomic E-state index is -1.33. The first kappa shape index (κ1) is 34.7. The molecule has 3 aromatic rings. The molecule has 0 radical (unpaired) electrons. The normalized spacial score (nSPS) is 12.2. The Bertz CT molecular complexity index is 1170. The first-order valence-corrected chi connectivity index (χ1v) is 16.9. The average molecular weight is 588 g/mol. The highest BCUT2D eigenvalue weighted by molar-refractivity contribution is 7.84. The summed E-state index contributed by atoms with van der Waals surface area (Å²) in [6.07, 6.45) is 12.8. The van der Waals surface area contributed by atoms with Gasteiger partial charge in [-0.05, 0) is 51.7 Å². The number of quaternary nitrogens is 1. The first-order chi connectivity index (χ1) is 19.8. The number of rotatable bonds is 17. The van der Waals surface area contributed by atoms with Gasteiger partial charge < -0.3 is 18.9 Å². The molecule has 0 aliphatic rings. The monoisotopic (exact) mass is 587 g/mol. The van der Waals surface area contributed by atoms with Gasteiger partial charge in [-0.1, -0.05) is 53.4 Å². The van der Waals surface area contributed by atoms with Gasteiger partial charge in [0.25, 0.3) is 0 Å². The number of aryl methyl sites for hydroxylation is 1. The van der Waals surface area contributed by atoms with E-state index in [1.165, 1.54) is 82.0 Å². The lowest BCUT2D eigenvalue weighted by atomic mass is 10.1. The van der Waals surface area contributed by atoms with Crippen LogP contribution in [0.4, 0.5) is 0 Å². The van der Waals surface area contributed by atoms with Gasteiger partial charge in [0.05, 0.1) is 73.7 Å². The highest BCUT2D eigenvalue weighted by Gasteiger charge is 2.24. The quantitative estimate of drug-likeness (QED) is 0.162. The van der Waals surface area contributed by atoms with Crippen molar-refractivity contribution in [2.75, 3.05) is 40.4 Å². The molecule has 41 heavy (non-hydrogen) atoms. The molecule has 0 saturated heterocycles. The summed E-state index contributed by atoms with van der Waals surface area (Å²) in [7, 11) is 1.91.